The molecule has 32 heavy (non-hydrogen) atoms. The maximum atomic E-state index is 13.6. The van der Waals surface area contributed by atoms with Crippen molar-refractivity contribution in [2.24, 2.45) is 0 Å². The number of rotatable bonds is 3. The van der Waals surface area contributed by atoms with Crippen LogP contribution in [0.3, 0.4) is 0 Å². The van der Waals surface area contributed by atoms with Crippen LogP contribution in [0.4, 0.5) is 11.4 Å². The first-order chi connectivity index (χ1) is 15.5. The first kappa shape index (κ1) is 20.9. The van der Waals surface area contributed by atoms with Crippen LogP contribution in [-0.4, -0.2) is 12.9 Å². The van der Waals surface area contributed by atoms with Gasteiger partial charge in [-0.2, -0.15) is 0 Å². The topological polar surface area (TPSA) is 50.4 Å². The molecule has 0 amide bonds. The Morgan fingerprint density at radius 2 is 1.69 bits per heavy atom. The van der Waals surface area contributed by atoms with Gasteiger partial charge in [-0.25, -0.2) is 0 Å². The van der Waals surface area contributed by atoms with Crippen LogP contribution in [0, 0.1) is 0 Å². The van der Waals surface area contributed by atoms with Crippen LogP contribution in [0.15, 0.2) is 78.0 Å². The second kappa shape index (κ2) is 8.53. The van der Waals surface area contributed by atoms with Crippen LogP contribution in [0.2, 0.25) is 10.0 Å². The first-order valence-electron chi connectivity index (χ1n) is 10.5. The van der Waals surface area contributed by atoms with Gasteiger partial charge in [0, 0.05) is 27.7 Å². The monoisotopic (exact) mass is 464 g/mol. The van der Waals surface area contributed by atoms with E-state index in [0.29, 0.717) is 16.5 Å². The SMILES string of the molecule is COc1ccc([C@H]2CC(=O)C3=C(C2)Nc2ccccc2N[C@@H]3c2ccc(Cl)cc2Cl)cc1. The number of hydrogen-bond donors (Lipinski definition) is 2. The van der Waals surface area contributed by atoms with E-state index in [2.05, 4.69) is 10.6 Å². The summed E-state index contributed by atoms with van der Waals surface area (Å²) in [5, 5.41) is 8.20. The molecule has 3 aromatic carbocycles. The van der Waals surface area contributed by atoms with Crippen LogP contribution in [0.25, 0.3) is 0 Å². The second-order valence-electron chi connectivity index (χ2n) is 8.11. The van der Waals surface area contributed by atoms with E-state index < -0.39 is 0 Å². The average molecular weight is 465 g/mol. The fraction of sp³-hybridized carbons (Fsp3) is 0.192. The van der Waals surface area contributed by atoms with Gasteiger partial charge in [-0.3, -0.25) is 4.79 Å². The number of fused-ring (bicyclic) bond motifs is 1. The summed E-state index contributed by atoms with van der Waals surface area (Å²) in [4.78, 5) is 13.6. The number of benzene rings is 3. The number of methoxy groups -OCH3 is 1. The van der Waals surface area contributed by atoms with Gasteiger partial charge in [0.05, 0.1) is 24.5 Å². The molecule has 1 heterocycles. The fourth-order valence-electron chi connectivity index (χ4n) is 4.57. The summed E-state index contributed by atoms with van der Waals surface area (Å²) in [6.07, 6.45) is 1.16. The Morgan fingerprint density at radius 1 is 0.938 bits per heavy atom. The molecule has 0 saturated carbocycles. The Hall–Kier alpha value is -2.95. The van der Waals surface area contributed by atoms with E-state index in [1.807, 2.05) is 60.7 Å². The Labute approximate surface area is 197 Å². The highest BCUT2D eigenvalue weighted by molar-refractivity contribution is 6.35. The van der Waals surface area contributed by atoms with E-state index in [-0.39, 0.29) is 17.7 Å². The van der Waals surface area contributed by atoms with Gasteiger partial charge in [-0.1, -0.05) is 53.5 Å². The van der Waals surface area contributed by atoms with Gasteiger partial charge in [-0.15, -0.1) is 0 Å². The molecule has 0 fully saturated rings. The zero-order valence-corrected chi connectivity index (χ0v) is 19.0. The molecule has 6 heteroatoms. The lowest BCUT2D eigenvalue weighted by Gasteiger charge is -2.30. The molecule has 0 spiro atoms. The molecule has 2 aliphatic rings. The summed E-state index contributed by atoms with van der Waals surface area (Å²) in [7, 11) is 1.65. The molecule has 2 N–H and O–H groups in total. The van der Waals surface area contributed by atoms with Gasteiger partial charge in [0.2, 0.25) is 0 Å². The number of nitrogens with one attached hydrogen (secondary N) is 2. The van der Waals surface area contributed by atoms with Crippen LogP contribution in [0.1, 0.15) is 35.9 Å². The summed E-state index contributed by atoms with van der Waals surface area (Å²) in [5.41, 5.74) is 5.48. The third-order valence-electron chi connectivity index (χ3n) is 6.17. The van der Waals surface area contributed by atoms with Crippen molar-refractivity contribution < 1.29 is 9.53 Å². The predicted octanol–water partition coefficient (Wildman–Crippen LogP) is 6.98. The third-order valence-corrected chi connectivity index (χ3v) is 6.73. The smallest absolute Gasteiger partial charge is 0.163 e. The van der Waals surface area contributed by atoms with Gasteiger partial charge in [0.25, 0.3) is 0 Å². The number of hydrogen-bond acceptors (Lipinski definition) is 4. The van der Waals surface area contributed by atoms with Crippen molar-refractivity contribution in [2.45, 2.75) is 24.8 Å². The number of carbonyl (C=O) groups is 1. The Bertz CT molecular complexity index is 1220. The number of allylic oxidation sites excluding steroid dienone is 1. The van der Waals surface area contributed by atoms with E-state index in [0.717, 1.165) is 45.9 Å². The minimum Gasteiger partial charge on any atom is -0.497 e. The lowest BCUT2D eigenvalue weighted by Crippen LogP contribution is -2.27. The summed E-state index contributed by atoms with van der Waals surface area (Å²) >= 11 is 12.7. The highest BCUT2D eigenvalue weighted by Gasteiger charge is 2.36. The Balaban J connectivity index is 1.60. The minimum atomic E-state index is -0.366. The van der Waals surface area contributed by atoms with Crippen LogP contribution >= 0.6 is 23.2 Å². The predicted molar refractivity (Wildman–Crippen MR) is 130 cm³/mol. The molecule has 0 radical (unpaired) electrons. The number of carbonyl (C=O) groups excluding carboxylic acids is 1. The molecule has 0 unspecified atom stereocenters. The van der Waals surface area contributed by atoms with Gasteiger partial charge >= 0.3 is 0 Å². The molecule has 1 aliphatic carbocycles. The van der Waals surface area contributed by atoms with Crippen molar-refractivity contribution in [3.8, 4) is 5.75 Å². The highest BCUT2D eigenvalue weighted by Crippen LogP contribution is 2.45. The lowest BCUT2D eigenvalue weighted by molar-refractivity contribution is -0.116. The molecular formula is C26H22Cl2N2O2. The van der Waals surface area contributed by atoms with Gasteiger partial charge < -0.3 is 15.4 Å². The van der Waals surface area contributed by atoms with E-state index >= 15 is 0 Å². The molecule has 2 atom stereocenters. The van der Waals surface area contributed by atoms with Crippen LogP contribution in [-0.2, 0) is 4.79 Å². The van der Waals surface area contributed by atoms with Crippen molar-refractivity contribution in [3.63, 3.8) is 0 Å². The van der Waals surface area contributed by atoms with E-state index in [9.17, 15) is 4.79 Å². The maximum Gasteiger partial charge on any atom is 0.163 e. The number of ketones is 1. The molecule has 0 saturated heterocycles. The molecule has 5 rings (SSSR count). The van der Waals surface area contributed by atoms with E-state index in [1.54, 1.807) is 13.2 Å². The molecule has 0 bridgehead atoms. The Morgan fingerprint density at radius 3 is 2.41 bits per heavy atom. The van der Waals surface area contributed by atoms with Gasteiger partial charge in [0.15, 0.2) is 5.78 Å². The molecule has 1 aliphatic heterocycles. The standard InChI is InChI=1S/C26H22Cl2N2O2/c1-32-18-9-6-15(7-10-18)16-12-23-25(24(31)13-16)26(19-11-8-17(27)14-20(19)28)30-22-5-3-2-4-21(22)29-23/h2-11,14,16,26,29-30H,12-13H2,1H3/t16-,26-/m1/s1. The maximum absolute atomic E-state index is 13.6. The zero-order valence-electron chi connectivity index (χ0n) is 17.5. The van der Waals surface area contributed by atoms with Crippen LogP contribution < -0.4 is 15.4 Å². The highest BCUT2D eigenvalue weighted by atomic mass is 35.5. The minimum absolute atomic E-state index is 0.0891. The molecular weight excluding hydrogens is 443 g/mol. The number of ether oxygens (including phenoxy) is 1. The average Bonchev–Trinajstić information content (AvgIpc) is 2.96. The number of para-hydroxylation sites is 2. The van der Waals surface area contributed by atoms with Crippen molar-refractivity contribution in [1.82, 2.24) is 0 Å². The molecule has 162 valence electrons. The normalized spacial score (nSPS) is 19.9. The van der Waals surface area contributed by atoms with E-state index in [1.165, 1.54) is 0 Å². The van der Waals surface area contributed by atoms with Crippen molar-refractivity contribution in [1.29, 1.82) is 0 Å². The zero-order chi connectivity index (χ0) is 22.2. The summed E-state index contributed by atoms with van der Waals surface area (Å²) in [5.74, 6) is 1.00. The van der Waals surface area contributed by atoms with Crippen molar-refractivity contribution >= 4 is 40.4 Å². The third kappa shape index (κ3) is 3.85. The van der Waals surface area contributed by atoms with Crippen LogP contribution in [0.5, 0.6) is 5.75 Å². The van der Waals surface area contributed by atoms with Crippen molar-refractivity contribution in [3.05, 3.63) is 99.2 Å². The fourth-order valence-corrected chi connectivity index (χ4v) is 5.09. The number of anilines is 2. The summed E-state index contributed by atoms with van der Waals surface area (Å²) in [6.45, 7) is 0. The Kier molecular flexibility index (Phi) is 5.58. The van der Waals surface area contributed by atoms with Gasteiger partial charge in [-0.05, 0) is 59.9 Å². The summed E-state index contributed by atoms with van der Waals surface area (Å²) < 4.78 is 5.28. The molecule has 4 nitrogen and oxygen atoms in total. The van der Waals surface area contributed by atoms with Crippen molar-refractivity contribution in [2.75, 3.05) is 17.7 Å². The first-order valence-corrected chi connectivity index (χ1v) is 11.3. The quantitative estimate of drug-likeness (QED) is 0.438. The molecule has 0 aromatic heterocycles. The molecule has 3 aromatic rings. The largest absolute Gasteiger partial charge is 0.497 e. The second-order valence-corrected chi connectivity index (χ2v) is 8.95. The van der Waals surface area contributed by atoms with Gasteiger partial charge in [0.1, 0.15) is 5.75 Å². The van der Waals surface area contributed by atoms with E-state index in [4.69, 9.17) is 27.9 Å². The number of Topliss-reactive ketones (excluding diaryl/α,β-unsaturated/α-hetero) is 1. The lowest BCUT2D eigenvalue weighted by atomic mass is 9.78. The summed E-state index contributed by atoms with van der Waals surface area (Å²) in [6, 6.07) is 21.0. The number of halogens is 2.